The Kier molecular flexibility index (Phi) is 5.22. The monoisotopic (exact) mass is 407 g/mol. The third-order valence-corrected chi connectivity index (χ3v) is 5.62. The van der Waals surface area contributed by atoms with Crippen molar-refractivity contribution in [1.29, 1.82) is 0 Å². The molecule has 4 rings (SSSR count). The van der Waals surface area contributed by atoms with E-state index in [0.717, 1.165) is 27.6 Å². The summed E-state index contributed by atoms with van der Waals surface area (Å²) >= 11 is 0. The number of aliphatic imine (C=N–C) groups is 1. The van der Waals surface area contributed by atoms with Crippen LogP contribution < -0.4 is 14.2 Å². The molecule has 3 aromatic rings. The molecule has 0 radical (unpaired) electrons. The van der Waals surface area contributed by atoms with Gasteiger partial charge in [0.2, 0.25) is 0 Å². The van der Waals surface area contributed by atoms with Gasteiger partial charge in [-0.15, -0.1) is 0 Å². The molecule has 2 N–H and O–H groups in total. The number of methoxy groups -OCH3 is 1. The highest BCUT2D eigenvalue weighted by Gasteiger charge is 2.19. The Balaban J connectivity index is 1.55. The first-order valence-electron chi connectivity index (χ1n) is 9.17. The highest BCUT2D eigenvalue weighted by Crippen LogP contribution is 2.18. The van der Waals surface area contributed by atoms with Crippen molar-refractivity contribution < 1.29 is 13.2 Å². The van der Waals surface area contributed by atoms with Crippen LogP contribution in [0.4, 0.5) is 0 Å². The normalized spacial score (nSPS) is 16.7. The second-order valence-electron chi connectivity index (χ2n) is 6.78. The maximum atomic E-state index is 12.2. The summed E-state index contributed by atoms with van der Waals surface area (Å²) in [6, 6.07) is 21.7. The summed E-state index contributed by atoms with van der Waals surface area (Å²) < 4.78 is 34.6. The van der Waals surface area contributed by atoms with Crippen LogP contribution in [0.1, 0.15) is 11.1 Å². The molecule has 0 atom stereocenters. The highest BCUT2D eigenvalue weighted by molar-refractivity contribution is 7.88. The molecule has 3 aromatic carbocycles. The van der Waals surface area contributed by atoms with Gasteiger partial charge in [0.05, 0.1) is 13.7 Å². The van der Waals surface area contributed by atoms with E-state index in [1.807, 2.05) is 54.6 Å². The number of nitrogens with one attached hydrogen (secondary N) is 2. The van der Waals surface area contributed by atoms with Crippen molar-refractivity contribution in [3.63, 3.8) is 0 Å². The van der Waals surface area contributed by atoms with E-state index in [4.69, 9.17) is 4.74 Å². The number of benzene rings is 3. The number of allylic oxidation sites excluding steroid dienone is 1. The van der Waals surface area contributed by atoms with Gasteiger partial charge < -0.3 is 4.74 Å². The van der Waals surface area contributed by atoms with Crippen LogP contribution in [0.25, 0.3) is 10.8 Å². The average Bonchev–Trinajstić information content (AvgIpc) is 2.71. The first-order valence-corrected chi connectivity index (χ1v) is 10.7. The number of fused-ring (bicyclic) bond motifs is 1. The van der Waals surface area contributed by atoms with Crippen LogP contribution >= 0.6 is 0 Å². The topological polar surface area (TPSA) is 79.8 Å². The van der Waals surface area contributed by atoms with E-state index in [0.29, 0.717) is 24.5 Å². The second-order valence-corrected chi connectivity index (χ2v) is 8.20. The minimum Gasteiger partial charge on any atom is -0.497 e. The predicted octanol–water partition coefficient (Wildman–Crippen LogP) is 3.31. The van der Waals surface area contributed by atoms with Gasteiger partial charge in [-0.05, 0) is 34.0 Å². The molecule has 0 fully saturated rings. The molecule has 0 spiro atoms. The van der Waals surface area contributed by atoms with Gasteiger partial charge in [-0.3, -0.25) is 14.4 Å². The number of rotatable bonds is 5. The second kappa shape index (κ2) is 7.97. The van der Waals surface area contributed by atoms with Gasteiger partial charge in [0.15, 0.2) is 0 Å². The molecule has 0 bridgehead atoms. The van der Waals surface area contributed by atoms with Crippen LogP contribution in [0, 0.1) is 0 Å². The molecule has 0 saturated heterocycles. The molecule has 1 heterocycles. The van der Waals surface area contributed by atoms with Crippen molar-refractivity contribution >= 4 is 26.8 Å². The van der Waals surface area contributed by atoms with E-state index in [1.165, 1.54) is 0 Å². The number of ether oxygens (including phenoxy) is 1. The van der Waals surface area contributed by atoms with Gasteiger partial charge in [0.25, 0.3) is 0 Å². The van der Waals surface area contributed by atoms with E-state index in [2.05, 4.69) is 26.6 Å². The Bertz CT molecular complexity index is 1200. The Hall–Kier alpha value is -3.32. The summed E-state index contributed by atoms with van der Waals surface area (Å²) in [7, 11) is -2.07. The van der Waals surface area contributed by atoms with Gasteiger partial charge in [0, 0.05) is 18.2 Å². The Morgan fingerprint density at radius 2 is 1.62 bits per heavy atom. The summed E-state index contributed by atoms with van der Waals surface area (Å²) in [5.41, 5.74) is 2.56. The maximum Gasteiger partial charge on any atom is 0.322 e. The van der Waals surface area contributed by atoms with Gasteiger partial charge in [-0.1, -0.05) is 54.6 Å². The zero-order valence-corrected chi connectivity index (χ0v) is 16.7. The standard InChI is InChI=1S/C22H21N3O3S/c1-28-21-10-7-16(8-11-21)15-23-22-14-20(24-29(26,27)25-22)13-17-6-9-18-4-2-3-5-19(18)12-17/h2-12,14,24H,13,15H2,1H3,(H,23,25). The van der Waals surface area contributed by atoms with Crippen molar-refractivity contribution in [2.45, 2.75) is 13.0 Å². The smallest absolute Gasteiger partial charge is 0.322 e. The lowest BCUT2D eigenvalue weighted by atomic mass is 10.0. The minimum atomic E-state index is -3.68. The highest BCUT2D eigenvalue weighted by atomic mass is 32.2. The summed E-state index contributed by atoms with van der Waals surface area (Å²) in [4.78, 5) is 4.42. The molecule has 1 aliphatic rings. The fourth-order valence-electron chi connectivity index (χ4n) is 3.20. The third kappa shape index (κ3) is 4.75. The van der Waals surface area contributed by atoms with Crippen LogP contribution in [0.2, 0.25) is 0 Å². The Morgan fingerprint density at radius 1 is 0.897 bits per heavy atom. The fraction of sp³-hybridized carbons (Fsp3) is 0.136. The number of nitrogens with zero attached hydrogens (tertiary/aromatic N) is 1. The molecule has 6 nitrogen and oxygen atoms in total. The van der Waals surface area contributed by atoms with Crippen molar-refractivity contribution in [2.24, 2.45) is 4.99 Å². The molecular weight excluding hydrogens is 386 g/mol. The molecule has 0 aliphatic carbocycles. The first-order chi connectivity index (χ1) is 14.0. The quantitative estimate of drug-likeness (QED) is 0.681. The van der Waals surface area contributed by atoms with Crippen molar-refractivity contribution in [2.75, 3.05) is 7.11 Å². The molecule has 0 unspecified atom stereocenters. The fourth-order valence-corrected chi connectivity index (χ4v) is 4.13. The van der Waals surface area contributed by atoms with Crippen molar-refractivity contribution in [1.82, 2.24) is 9.44 Å². The van der Waals surface area contributed by atoms with Crippen LogP contribution in [0.15, 0.2) is 83.5 Å². The van der Waals surface area contributed by atoms with Crippen LogP contribution in [0.5, 0.6) is 5.75 Å². The zero-order chi connectivity index (χ0) is 20.3. The van der Waals surface area contributed by atoms with Crippen molar-refractivity contribution in [3.05, 3.63) is 89.6 Å². The van der Waals surface area contributed by atoms with Gasteiger partial charge >= 0.3 is 10.2 Å². The lowest BCUT2D eigenvalue weighted by Crippen LogP contribution is -2.44. The van der Waals surface area contributed by atoms with E-state index >= 15 is 0 Å². The van der Waals surface area contributed by atoms with E-state index in [1.54, 1.807) is 13.2 Å². The summed E-state index contributed by atoms with van der Waals surface area (Å²) in [6.45, 7) is 0.363. The number of amidine groups is 1. The molecular formula is C22H21N3O3S. The molecule has 148 valence electrons. The summed E-state index contributed by atoms with van der Waals surface area (Å²) in [5.74, 6) is 1.08. The minimum absolute atomic E-state index is 0.315. The van der Waals surface area contributed by atoms with Crippen LogP contribution in [-0.4, -0.2) is 21.4 Å². The maximum absolute atomic E-state index is 12.2. The lowest BCUT2D eigenvalue weighted by molar-refractivity contribution is 0.414. The average molecular weight is 407 g/mol. The third-order valence-electron chi connectivity index (χ3n) is 4.61. The number of hydrogen-bond donors (Lipinski definition) is 2. The molecule has 29 heavy (non-hydrogen) atoms. The van der Waals surface area contributed by atoms with Gasteiger partial charge in [-0.2, -0.15) is 8.42 Å². The SMILES string of the molecule is COc1ccc(CN=C2C=C(Cc3ccc4ccccc4c3)NS(=O)(=O)N2)cc1. The van der Waals surface area contributed by atoms with Crippen LogP contribution in [0.3, 0.4) is 0 Å². The largest absolute Gasteiger partial charge is 0.497 e. The van der Waals surface area contributed by atoms with E-state index in [-0.39, 0.29) is 0 Å². The molecule has 0 saturated carbocycles. The zero-order valence-electron chi connectivity index (χ0n) is 15.9. The van der Waals surface area contributed by atoms with E-state index < -0.39 is 10.2 Å². The first kappa shape index (κ1) is 19.0. The Morgan fingerprint density at radius 3 is 2.38 bits per heavy atom. The van der Waals surface area contributed by atoms with Crippen molar-refractivity contribution in [3.8, 4) is 5.75 Å². The Labute approximate surface area is 170 Å². The van der Waals surface area contributed by atoms with Gasteiger partial charge in [0.1, 0.15) is 11.6 Å². The molecule has 7 heteroatoms. The molecule has 0 aromatic heterocycles. The predicted molar refractivity (Wildman–Crippen MR) is 115 cm³/mol. The summed E-state index contributed by atoms with van der Waals surface area (Å²) in [6.07, 6.45) is 2.20. The molecule has 0 amide bonds. The van der Waals surface area contributed by atoms with Crippen LogP contribution in [-0.2, 0) is 23.2 Å². The summed E-state index contributed by atoms with van der Waals surface area (Å²) in [5, 5.41) is 2.27. The number of hydrogen-bond acceptors (Lipinski definition) is 4. The lowest BCUT2D eigenvalue weighted by Gasteiger charge is -2.19. The van der Waals surface area contributed by atoms with Gasteiger partial charge in [-0.25, -0.2) is 0 Å². The van der Waals surface area contributed by atoms with E-state index in [9.17, 15) is 8.42 Å². The molecule has 1 aliphatic heterocycles.